The van der Waals surface area contributed by atoms with Gasteiger partial charge in [-0.05, 0) is 25.7 Å². The van der Waals surface area contributed by atoms with E-state index in [1.54, 1.807) is 6.08 Å². The number of carbonyl (C=O) groups is 2. The average Bonchev–Trinajstić information content (AvgIpc) is 2.75. The summed E-state index contributed by atoms with van der Waals surface area (Å²) in [4.78, 5) is 27.9. The van der Waals surface area contributed by atoms with Gasteiger partial charge in [0.1, 0.15) is 17.5 Å². The van der Waals surface area contributed by atoms with Crippen LogP contribution in [0.15, 0.2) is 35.2 Å². The highest BCUT2D eigenvalue weighted by Crippen LogP contribution is 2.32. The lowest BCUT2D eigenvalue weighted by molar-refractivity contribution is -0.146. The molecule has 0 saturated carbocycles. The number of hydrogen-bond donors (Lipinski definition) is 0. The van der Waals surface area contributed by atoms with Gasteiger partial charge in [0.25, 0.3) is 5.91 Å². The molecule has 1 aromatic rings. The fourth-order valence-corrected chi connectivity index (χ4v) is 3.11. The van der Waals surface area contributed by atoms with Crippen LogP contribution in [0.4, 0.5) is 0 Å². The Morgan fingerprint density at radius 3 is 2.62 bits per heavy atom. The van der Waals surface area contributed by atoms with Crippen LogP contribution in [0.1, 0.15) is 5.56 Å². The summed E-state index contributed by atoms with van der Waals surface area (Å²) in [5.74, 6) is -0.711. The SMILES string of the molecule is CN(C)CCOC(=O)CN1C(=O)/C(=C\c2ccccc2)SC1=S.Cl. The molecule has 0 spiro atoms. The normalized spacial score (nSPS) is 15.8. The van der Waals surface area contributed by atoms with Crippen molar-refractivity contribution in [2.24, 2.45) is 0 Å². The number of halogens is 1. The van der Waals surface area contributed by atoms with Crippen LogP contribution in [0.25, 0.3) is 6.08 Å². The van der Waals surface area contributed by atoms with Gasteiger partial charge in [-0.2, -0.15) is 0 Å². The molecule has 0 bridgehead atoms. The summed E-state index contributed by atoms with van der Waals surface area (Å²) in [6.07, 6.45) is 1.77. The molecule has 0 aliphatic carbocycles. The second-order valence-corrected chi connectivity index (χ2v) is 6.88. The number of rotatable bonds is 6. The molecule has 1 saturated heterocycles. The molecule has 8 heteroatoms. The van der Waals surface area contributed by atoms with Crippen molar-refractivity contribution in [3.05, 3.63) is 40.8 Å². The number of carbonyl (C=O) groups excluding carboxylic acids is 2. The number of benzene rings is 1. The molecule has 1 heterocycles. The number of nitrogens with zero attached hydrogens (tertiary/aromatic N) is 2. The Hall–Kier alpha value is -1.41. The number of esters is 1. The Kier molecular flexibility index (Phi) is 8.41. The summed E-state index contributed by atoms with van der Waals surface area (Å²) in [5.41, 5.74) is 0.918. The second kappa shape index (κ2) is 9.78. The summed E-state index contributed by atoms with van der Waals surface area (Å²) < 4.78 is 5.48. The van der Waals surface area contributed by atoms with Crippen LogP contribution in [-0.2, 0) is 14.3 Å². The molecule has 0 atom stereocenters. The van der Waals surface area contributed by atoms with Gasteiger partial charge in [-0.15, -0.1) is 12.4 Å². The minimum atomic E-state index is -0.455. The molecular formula is C16H19ClN2O3S2. The van der Waals surface area contributed by atoms with Crippen molar-refractivity contribution in [1.29, 1.82) is 0 Å². The molecule has 1 amide bonds. The average molecular weight is 387 g/mol. The van der Waals surface area contributed by atoms with E-state index in [0.29, 0.717) is 22.4 Å². The van der Waals surface area contributed by atoms with Crippen LogP contribution in [-0.4, -0.2) is 59.8 Å². The number of hydrogen-bond acceptors (Lipinski definition) is 6. The van der Waals surface area contributed by atoms with Crippen molar-refractivity contribution >= 4 is 58.7 Å². The predicted octanol–water partition coefficient (Wildman–Crippen LogP) is 2.41. The van der Waals surface area contributed by atoms with E-state index in [-0.39, 0.29) is 24.9 Å². The molecule has 1 fully saturated rings. The van der Waals surface area contributed by atoms with Crippen molar-refractivity contribution in [3.63, 3.8) is 0 Å². The number of thioether (sulfide) groups is 1. The Labute approximate surface area is 157 Å². The molecule has 0 aromatic heterocycles. The quantitative estimate of drug-likeness (QED) is 0.425. The minimum absolute atomic E-state index is 0. The van der Waals surface area contributed by atoms with Crippen molar-refractivity contribution in [1.82, 2.24) is 9.80 Å². The Bertz CT molecular complexity index is 635. The zero-order valence-electron chi connectivity index (χ0n) is 13.4. The molecule has 2 rings (SSSR count). The van der Waals surface area contributed by atoms with Crippen LogP contribution in [0.2, 0.25) is 0 Å². The Morgan fingerprint density at radius 2 is 2.00 bits per heavy atom. The summed E-state index contributed by atoms with van der Waals surface area (Å²) in [7, 11) is 3.79. The zero-order chi connectivity index (χ0) is 16.8. The van der Waals surface area contributed by atoms with E-state index in [0.717, 1.165) is 5.56 Å². The van der Waals surface area contributed by atoms with Crippen molar-refractivity contribution in [2.75, 3.05) is 33.8 Å². The molecule has 0 radical (unpaired) electrons. The third-order valence-corrected chi connectivity index (χ3v) is 4.44. The van der Waals surface area contributed by atoms with Crippen LogP contribution < -0.4 is 0 Å². The molecule has 1 aliphatic rings. The van der Waals surface area contributed by atoms with E-state index >= 15 is 0 Å². The number of likely N-dealkylation sites (N-methyl/N-ethyl adjacent to an activating group) is 1. The largest absolute Gasteiger partial charge is 0.463 e. The van der Waals surface area contributed by atoms with Gasteiger partial charge in [0.2, 0.25) is 0 Å². The van der Waals surface area contributed by atoms with E-state index in [4.69, 9.17) is 17.0 Å². The third kappa shape index (κ3) is 5.90. The van der Waals surface area contributed by atoms with Crippen molar-refractivity contribution in [2.45, 2.75) is 0 Å². The van der Waals surface area contributed by atoms with Gasteiger partial charge in [-0.25, -0.2) is 0 Å². The van der Waals surface area contributed by atoms with Gasteiger partial charge in [-0.3, -0.25) is 14.5 Å². The third-order valence-electron chi connectivity index (χ3n) is 3.06. The standard InChI is InChI=1S/C16H18N2O3S2.ClH/c1-17(2)8-9-21-14(19)11-18-15(20)13(23-16(18)22)10-12-6-4-3-5-7-12;/h3-7,10H,8-9,11H2,1-2H3;1H/b13-10+;. The molecular weight excluding hydrogens is 368 g/mol. The lowest BCUT2D eigenvalue weighted by atomic mass is 10.2. The number of ether oxygens (including phenoxy) is 1. The van der Waals surface area contributed by atoms with Gasteiger partial charge in [-0.1, -0.05) is 54.3 Å². The maximum absolute atomic E-state index is 12.4. The van der Waals surface area contributed by atoms with Crippen LogP contribution in [0.3, 0.4) is 0 Å². The summed E-state index contributed by atoms with van der Waals surface area (Å²) in [6, 6.07) is 9.51. The molecule has 0 N–H and O–H groups in total. The van der Waals surface area contributed by atoms with Crippen LogP contribution in [0, 0.1) is 0 Å². The van der Waals surface area contributed by atoms with E-state index < -0.39 is 5.97 Å². The van der Waals surface area contributed by atoms with Gasteiger partial charge in [0.15, 0.2) is 0 Å². The highest BCUT2D eigenvalue weighted by atomic mass is 35.5. The number of thiocarbonyl (C=S) groups is 1. The van der Waals surface area contributed by atoms with E-state index in [1.807, 2.05) is 49.3 Å². The first-order chi connectivity index (χ1) is 11.0. The Morgan fingerprint density at radius 1 is 1.33 bits per heavy atom. The molecule has 0 unspecified atom stereocenters. The van der Waals surface area contributed by atoms with E-state index in [1.165, 1.54) is 16.7 Å². The molecule has 1 aliphatic heterocycles. The van der Waals surface area contributed by atoms with Gasteiger partial charge in [0.05, 0.1) is 4.91 Å². The summed E-state index contributed by atoms with van der Waals surface area (Å²) in [5, 5.41) is 0. The first-order valence-corrected chi connectivity index (χ1v) is 8.30. The van der Waals surface area contributed by atoms with Gasteiger partial charge in [0, 0.05) is 6.54 Å². The topological polar surface area (TPSA) is 49.9 Å². The highest BCUT2D eigenvalue weighted by Gasteiger charge is 2.33. The molecule has 24 heavy (non-hydrogen) atoms. The van der Waals surface area contributed by atoms with Crippen molar-refractivity contribution < 1.29 is 14.3 Å². The first kappa shape index (κ1) is 20.6. The lowest BCUT2D eigenvalue weighted by Gasteiger charge is -2.14. The molecule has 5 nitrogen and oxygen atoms in total. The van der Waals surface area contributed by atoms with Crippen molar-refractivity contribution in [3.8, 4) is 0 Å². The fraction of sp³-hybridized carbons (Fsp3) is 0.312. The van der Waals surface area contributed by atoms with E-state index in [9.17, 15) is 9.59 Å². The lowest BCUT2D eigenvalue weighted by Crippen LogP contribution is -2.35. The van der Waals surface area contributed by atoms with E-state index in [2.05, 4.69) is 0 Å². The zero-order valence-corrected chi connectivity index (χ0v) is 15.9. The molecule has 1 aromatic carbocycles. The monoisotopic (exact) mass is 386 g/mol. The predicted molar refractivity (Wildman–Crippen MR) is 103 cm³/mol. The van der Waals surface area contributed by atoms with Crippen LogP contribution >= 0.6 is 36.4 Å². The van der Waals surface area contributed by atoms with Gasteiger partial charge < -0.3 is 9.64 Å². The first-order valence-electron chi connectivity index (χ1n) is 7.08. The highest BCUT2D eigenvalue weighted by molar-refractivity contribution is 8.26. The fourth-order valence-electron chi connectivity index (χ4n) is 1.85. The van der Waals surface area contributed by atoms with Gasteiger partial charge >= 0.3 is 5.97 Å². The van der Waals surface area contributed by atoms with Crippen LogP contribution in [0.5, 0.6) is 0 Å². The minimum Gasteiger partial charge on any atom is -0.463 e. The maximum atomic E-state index is 12.4. The molecule has 130 valence electrons. The summed E-state index contributed by atoms with van der Waals surface area (Å²) in [6.45, 7) is 0.781. The Balaban J connectivity index is 0.00000288. The second-order valence-electron chi connectivity index (χ2n) is 5.20. The smallest absolute Gasteiger partial charge is 0.326 e. The number of amides is 1. The maximum Gasteiger partial charge on any atom is 0.326 e. The summed E-state index contributed by atoms with van der Waals surface area (Å²) >= 11 is 6.39.